The van der Waals surface area contributed by atoms with Crippen molar-refractivity contribution in [1.29, 1.82) is 0 Å². The van der Waals surface area contributed by atoms with Crippen molar-refractivity contribution in [2.75, 3.05) is 6.61 Å². The van der Waals surface area contributed by atoms with Crippen molar-refractivity contribution in [2.45, 2.75) is 53.4 Å². The molecule has 0 unspecified atom stereocenters. The molecule has 0 saturated heterocycles. The van der Waals surface area contributed by atoms with Crippen molar-refractivity contribution in [1.82, 2.24) is 0 Å². The molecule has 0 aliphatic carbocycles. The Morgan fingerprint density at radius 2 is 1.76 bits per heavy atom. The van der Waals surface area contributed by atoms with Crippen LogP contribution in [0.2, 0.25) is 0 Å². The minimum Gasteiger partial charge on any atom is -0.493 e. The van der Waals surface area contributed by atoms with Gasteiger partial charge in [0.05, 0.1) is 6.61 Å². The van der Waals surface area contributed by atoms with Gasteiger partial charge in [-0.1, -0.05) is 82.8 Å². The number of aliphatic carboxylic acids is 1. The highest BCUT2D eigenvalue weighted by atomic mass is 16.5. The number of benzene rings is 2. The summed E-state index contributed by atoms with van der Waals surface area (Å²) in [4.78, 5) is 10.8. The zero-order valence-electron chi connectivity index (χ0n) is 20.7. The second kappa shape index (κ2) is 11.5. The lowest BCUT2D eigenvalue weighted by Crippen LogP contribution is -2.16. The molecule has 0 aromatic heterocycles. The largest absolute Gasteiger partial charge is 0.493 e. The highest BCUT2D eigenvalue weighted by molar-refractivity contribution is 5.85. The quantitative estimate of drug-likeness (QED) is 0.317. The van der Waals surface area contributed by atoms with Crippen molar-refractivity contribution < 1.29 is 14.6 Å². The van der Waals surface area contributed by atoms with Gasteiger partial charge in [-0.25, -0.2) is 4.79 Å². The van der Waals surface area contributed by atoms with E-state index in [9.17, 15) is 4.79 Å². The van der Waals surface area contributed by atoms with Gasteiger partial charge >= 0.3 is 5.97 Å². The maximum absolute atomic E-state index is 10.8. The maximum atomic E-state index is 10.8. The first-order chi connectivity index (χ1) is 15.5. The molecule has 0 amide bonds. The number of rotatable bonds is 9. The van der Waals surface area contributed by atoms with Crippen LogP contribution in [0.3, 0.4) is 0 Å². The van der Waals surface area contributed by atoms with Gasteiger partial charge in [-0.3, -0.25) is 0 Å². The van der Waals surface area contributed by atoms with E-state index in [0.29, 0.717) is 12.2 Å². The third-order valence-corrected chi connectivity index (χ3v) is 5.31. The van der Waals surface area contributed by atoms with Gasteiger partial charge in [0.1, 0.15) is 5.75 Å². The van der Waals surface area contributed by atoms with Gasteiger partial charge < -0.3 is 9.84 Å². The molecule has 3 nitrogen and oxygen atoms in total. The monoisotopic (exact) mass is 444 g/mol. The summed E-state index contributed by atoms with van der Waals surface area (Å²) < 4.78 is 6.31. The van der Waals surface area contributed by atoms with Crippen molar-refractivity contribution in [2.24, 2.45) is 0 Å². The van der Waals surface area contributed by atoms with Crippen molar-refractivity contribution >= 4 is 17.1 Å². The number of hydrogen-bond donors (Lipinski definition) is 1. The number of carboxylic acid groups (broad SMARTS) is 1. The summed E-state index contributed by atoms with van der Waals surface area (Å²) in [5.74, 6) is -0.0510. The maximum Gasteiger partial charge on any atom is 0.328 e. The highest BCUT2D eigenvalue weighted by Crippen LogP contribution is 2.41. The fraction of sp³-hybridized carbons (Fsp3) is 0.300. The smallest absolute Gasteiger partial charge is 0.328 e. The molecule has 33 heavy (non-hydrogen) atoms. The van der Waals surface area contributed by atoms with Gasteiger partial charge in [0.15, 0.2) is 0 Å². The number of carbonyl (C=O) groups is 1. The van der Waals surface area contributed by atoms with Crippen LogP contribution in [-0.4, -0.2) is 17.7 Å². The Balaban J connectivity index is 2.65. The van der Waals surface area contributed by atoms with Crippen LogP contribution in [-0.2, 0) is 10.2 Å². The summed E-state index contributed by atoms with van der Waals surface area (Å²) in [5.41, 5.74) is 6.84. The van der Waals surface area contributed by atoms with Crippen LogP contribution in [0, 0.1) is 0 Å². The molecule has 3 heteroatoms. The summed E-state index contributed by atoms with van der Waals surface area (Å²) >= 11 is 0. The third-order valence-electron chi connectivity index (χ3n) is 5.31. The highest BCUT2D eigenvalue weighted by Gasteiger charge is 2.24. The van der Waals surface area contributed by atoms with E-state index in [1.807, 2.05) is 30.4 Å². The molecule has 0 saturated carbocycles. The molecule has 2 aromatic rings. The van der Waals surface area contributed by atoms with Gasteiger partial charge in [0.25, 0.3) is 0 Å². The first kappa shape index (κ1) is 25.9. The van der Waals surface area contributed by atoms with E-state index >= 15 is 0 Å². The fourth-order valence-corrected chi connectivity index (χ4v) is 3.48. The third kappa shape index (κ3) is 7.35. The Hall–Kier alpha value is -3.33. The number of hydrogen-bond acceptors (Lipinski definition) is 2. The van der Waals surface area contributed by atoms with E-state index < -0.39 is 5.97 Å². The molecular formula is C30H36O3. The second-order valence-corrected chi connectivity index (χ2v) is 9.28. The average Bonchev–Trinajstić information content (AvgIpc) is 2.76. The molecule has 0 radical (unpaired) electrons. The van der Waals surface area contributed by atoms with Gasteiger partial charge in [0.2, 0.25) is 0 Å². The van der Waals surface area contributed by atoms with Gasteiger partial charge in [-0.05, 0) is 65.7 Å². The molecule has 174 valence electrons. The lowest BCUT2D eigenvalue weighted by molar-refractivity contribution is -0.131. The molecule has 0 aliphatic rings. The predicted octanol–water partition coefficient (Wildman–Crippen LogP) is 7.82. The standard InChI is InChI=1S/C30H36O3/c1-8-17-33-29-26(23(4)24-15-10-9-11-16-24)19-25(20-27(29)30(5,6)7)22(3)14-12-13-21(2)18-28(31)32/h9-16,18-20H,4,8,17H2,1-3,5-7H3,(H,31,32)/b13-12+,21-18+,22-14+. The van der Waals surface area contributed by atoms with E-state index in [0.717, 1.165) is 45.6 Å². The molecular weight excluding hydrogens is 408 g/mol. The first-order valence-corrected chi connectivity index (χ1v) is 11.4. The van der Waals surface area contributed by atoms with Crippen LogP contribution in [0.5, 0.6) is 5.75 Å². The lowest BCUT2D eigenvalue weighted by atomic mass is 9.81. The zero-order chi connectivity index (χ0) is 24.6. The van der Waals surface area contributed by atoms with Gasteiger partial charge in [0, 0.05) is 17.2 Å². The minimum atomic E-state index is -0.945. The van der Waals surface area contributed by atoms with Crippen LogP contribution >= 0.6 is 0 Å². The average molecular weight is 445 g/mol. The van der Waals surface area contributed by atoms with Crippen LogP contribution in [0.15, 0.2) is 78.9 Å². The molecule has 0 bridgehead atoms. The first-order valence-electron chi connectivity index (χ1n) is 11.4. The van der Waals surface area contributed by atoms with Crippen molar-refractivity contribution in [3.8, 4) is 5.75 Å². The Kier molecular flexibility index (Phi) is 9.04. The fourth-order valence-electron chi connectivity index (χ4n) is 3.48. The Morgan fingerprint density at radius 1 is 1.09 bits per heavy atom. The van der Waals surface area contributed by atoms with E-state index in [-0.39, 0.29) is 5.41 Å². The van der Waals surface area contributed by atoms with E-state index in [4.69, 9.17) is 9.84 Å². The number of ether oxygens (including phenoxy) is 1. The Labute approximate surface area is 198 Å². The molecule has 0 fully saturated rings. The van der Waals surface area contributed by atoms with E-state index in [1.54, 1.807) is 13.0 Å². The van der Waals surface area contributed by atoms with Crippen LogP contribution in [0.1, 0.15) is 70.2 Å². The van der Waals surface area contributed by atoms with Crippen molar-refractivity contribution in [3.05, 3.63) is 101 Å². The summed E-state index contributed by atoms with van der Waals surface area (Å²) in [6.45, 7) is 17.6. The molecule has 0 spiro atoms. The number of carboxylic acids is 1. The van der Waals surface area contributed by atoms with Gasteiger partial charge in [-0.2, -0.15) is 0 Å². The number of allylic oxidation sites excluding steroid dienone is 5. The van der Waals surface area contributed by atoms with E-state index in [2.05, 4.69) is 65.5 Å². The predicted molar refractivity (Wildman–Crippen MR) is 140 cm³/mol. The van der Waals surface area contributed by atoms with Crippen LogP contribution < -0.4 is 4.74 Å². The lowest BCUT2D eigenvalue weighted by Gasteiger charge is -2.27. The normalized spacial score (nSPS) is 12.8. The van der Waals surface area contributed by atoms with Crippen LogP contribution in [0.25, 0.3) is 11.1 Å². The Morgan fingerprint density at radius 3 is 2.33 bits per heavy atom. The molecule has 2 aromatic carbocycles. The second-order valence-electron chi connectivity index (χ2n) is 9.28. The molecule has 1 N–H and O–H groups in total. The molecule has 2 rings (SSSR count). The molecule has 0 heterocycles. The summed E-state index contributed by atoms with van der Waals surface area (Å²) in [6, 6.07) is 14.5. The molecule has 0 atom stereocenters. The SMILES string of the molecule is C=C(c1ccccc1)c1cc(/C(C)=C/C=C/C(C)=C/C(=O)O)cc(C(C)(C)C)c1OCCC. The van der Waals surface area contributed by atoms with Gasteiger partial charge in [-0.15, -0.1) is 0 Å². The summed E-state index contributed by atoms with van der Waals surface area (Å²) in [5, 5.41) is 8.90. The topological polar surface area (TPSA) is 46.5 Å². The summed E-state index contributed by atoms with van der Waals surface area (Å²) in [6.07, 6.45) is 7.80. The van der Waals surface area contributed by atoms with Crippen molar-refractivity contribution in [3.63, 3.8) is 0 Å². The zero-order valence-corrected chi connectivity index (χ0v) is 20.7. The Bertz CT molecular complexity index is 1080. The van der Waals surface area contributed by atoms with Crippen LogP contribution in [0.4, 0.5) is 0 Å². The minimum absolute atomic E-state index is 0.123. The summed E-state index contributed by atoms with van der Waals surface area (Å²) in [7, 11) is 0. The molecule has 0 aliphatic heterocycles. The van der Waals surface area contributed by atoms with E-state index in [1.165, 1.54) is 6.08 Å².